The maximum atomic E-state index is 12.6. The maximum Gasteiger partial charge on any atom is 0.255 e. The van der Waals surface area contributed by atoms with Crippen molar-refractivity contribution >= 4 is 16.8 Å². The van der Waals surface area contributed by atoms with Crippen molar-refractivity contribution in [2.75, 3.05) is 6.54 Å². The number of amides is 1. The predicted octanol–water partition coefficient (Wildman–Crippen LogP) is 3.43. The Morgan fingerprint density at radius 2 is 2.12 bits per heavy atom. The number of carbonyl (C=O) groups excluding carboxylic acids is 1. The van der Waals surface area contributed by atoms with Crippen LogP contribution >= 0.6 is 0 Å². The Kier molecular flexibility index (Phi) is 3.85. The van der Waals surface area contributed by atoms with Crippen LogP contribution in [0.4, 0.5) is 0 Å². The molecule has 4 aromatic rings. The van der Waals surface area contributed by atoms with Crippen LogP contribution in [0, 0.1) is 6.92 Å². The number of rotatable bonds is 5. The van der Waals surface area contributed by atoms with Crippen molar-refractivity contribution in [1.29, 1.82) is 0 Å². The molecule has 0 saturated heterocycles. The number of nitrogens with zero attached hydrogens (tertiary/aromatic N) is 1. The summed E-state index contributed by atoms with van der Waals surface area (Å²) >= 11 is 0. The van der Waals surface area contributed by atoms with E-state index in [9.17, 15) is 4.79 Å². The van der Waals surface area contributed by atoms with Crippen LogP contribution in [-0.2, 0) is 6.42 Å². The molecule has 0 aliphatic heterocycles. The van der Waals surface area contributed by atoms with Gasteiger partial charge in [-0.2, -0.15) is 5.10 Å². The summed E-state index contributed by atoms with van der Waals surface area (Å²) in [5.41, 5.74) is 4.07. The molecule has 6 heteroatoms. The first kappa shape index (κ1) is 15.3. The van der Waals surface area contributed by atoms with Crippen LogP contribution in [0.25, 0.3) is 22.4 Å². The van der Waals surface area contributed by atoms with Gasteiger partial charge in [-0.05, 0) is 37.1 Å². The summed E-state index contributed by atoms with van der Waals surface area (Å²) in [6.07, 6.45) is 4.31. The van der Waals surface area contributed by atoms with Gasteiger partial charge in [-0.3, -0.25) is 9.89 Å². The van der Waals surface area contributed by atoms with Gasteiger partial charge in [0.1, 0.15) is 5.69 Å². The molecule has 25 heavy (non-hydrogen) atoms. The molecule has 3 heterocycles. The van der Waals surface area contributed by atoms with E-state index in [4.69, 9.17) is 4.42 Å². The number of para-hydroxylation sites is 1. The van der Waals surface area contributed by atoms with E-state index in [0.29, 0.717) is 23.6 Å². The second kappa shape index (κ2) is 6.32. The Morgan fingerprint density at radius 3 is 2.96 bits per heavy atom. The summed E-state index contributed by atoms with van der Waals surface area (Å²) in [7, 11) is 0. The fourth-order valence-electron chi connectivity index (χ4n) is 3.04. The van der Waals surface area contributed by atoms with Crippen molar-refractivity contribution in [3.8, 4) is 11.5 Å². The van der Waals surface area contributed by atoms with Crippen LogP contribution in [0.3, 0.4) is 0 Å². The maximum absolute atomic E-state index is 12.6. The zero-order chi connectivity index (χ0) is 17.2. The Labute approximate surface area is 144 Å². The minimum Gasteiger partial charge on any atom is -0.463 e. The fourth-order valence-corrected chi connectivity index (χ4v) is 3.04. The third-order valence-electron chi connectivity index (χ3n) is 4.28. The number of benzene rings is 1. The fraction of sp³-hybridized carbons (Fsp3) is 0.158. The van der Waals surface area contributed by atoms with Crippen LogP contribution in [0.1, 0.15) is 21.6 Å². The highest BCUT2D eigenvalue weighted by Gasteiger charge is 2.20. The van der Waals surface area contributed by atoms with Crippen LogP contribution in [0.5, 0.6) is 0 Å². The van der Waals surface area contributed by atoms with Crippen LogP contribution in [0.2, 0.25) is 0 Å². The smallest absolute Gasteiger partial charge is 0.255 e. The van der Waals surface area contributed by atoms with Crippen LogP contribution < -0.4 is 5.32 Å². The standard InChI is InChI=1S/C19H18N4O2/c1-12-17(18(23-22-12)16-7-4-10-25-16)19(24)20-9-8-13-11-21-15-6-3-2-5-14(13)15/h2-7,10-11,21H,8-9H2,1H3,(H,20,24)(H,22,23). The van der Waals surface area contributed by atoms with Gasteiger partial charge in [-0.1, -0.05) is 18.2 Å². The average molecular weight is 334 g/mol. The molecule has 0 aliphatic rings. The summed E-state index contributed by atoms with van der Waals surface area (Å²) in [4.78, 5) is 15.9. The molecular formula is C19H18N4O2. The highest BCUT2D eigenvalue weighted by atomic mass is 16.3. The number of aromatic nitrogens is 3. The number of aryl methyl sites for hydroxylation is 1. The van der Waals surface area contributed by atoms with Gasteiger partial charge >= 0.3 is 0 Å². The topological polar surface area (TPSA) is 86.7 Å². The second-order valence-corrected chi connectivity index (χ2v) is 5.91. The van der Waals surface area contributed by atoms with E-state index in [2.05, 4.69) is 26.6 Å². The van der Waals surface area contributed by atoms with Crippen molar-refractivity contribution in [1.82, 2.24) is 20.5 Å². The van der Waals surface area contributed by atoms with E-state index in [-0.39, 0.29) is 5.91 Å². The number of H-pyrrole nitrogens is 2. The Balaban J connectivity index is 1.47. The minimum atomic E-state index is -0.155. The number of hydrogen-bond donors (Lipinski definition) is 3. The van der Waals surface area contributed by atoms with Gasteiger partial charge in [-0.15, -0.1) is 0 Å². The molecule has 0 aliphatic carbocycles. The SMILES string of the molecule is Cc1[nH]nc(-c2ccco2)c1C(=O)NCCc1c[nH]c2ccccc12. The van der Waals surface area contributed by atoms with Crippen LogP contribution in [0.15, 0.2) is 53.3 Å². The van der Waals surface area contributed by atoms with Crippen molar-refractivity contribution in [2.45, 2.75) is 13.3 Å². The van der Waals surface area contributed by atoms with E-state index in [1.807, 2.05) is 31.3 Å². The molecule has 1 aromatic carbocycles. The summed E-state index contributed by atoms with van der Waals surface area (Å²) < 4.78 is 5.37. The number of fused-ring (bicyclic) bond motifs is 1. The molecule has 0 radical (unpaired) electrons. The van der Waals surface area contributed by atoms with Gasteiger partial charge < -0.3 is 14.7 Å². The lowest BCUT2D eigenvalue weighted by Crippen LogP contribution is -2.26. The molecule has 0 unspecified atom stereocenters. The highest BCUT2D eigenvalue weighted by Crippen LogP contribution is 2.24. The summed E-state index contributed by atoms with van der Waals surface area (Å²) in [5.74, 6) is 0.420. The predicted molar refractivity (Wildman–Crippen MR) is 95.4 cm³/mol. The molecule has 0 spiro atoms. The van der Waals surface area contributed by atoms with Gasteiger partial charge in [-0.25, -0.2) is 0 Å². The number of nitrogens with one attached hydrogen (secondary N) is 3. The molecule has 0 bridgehead atoms. The van der Waals surface area contributed by atoms with Gasteiger partial charge in [0.2, 0.25) is 0 Å². The largest absolute Gasteiger partial charge is 0.463 e. The molecule has 0 atom stereocenters. The van der Waals surface area contributed by atoms with Crippen molar-refractivity contribution in [2.24, 2.45) is 0 Å². The molecule has 0 saturated carbocycles. The summed E-state index contributed by atoms with van der Waals surface area (Å²) in [6.45, 7) is 2.37. The van der Waals surface area contributed by atoms with Crippen molar-refractivity contribution in [3.05, 3.63) is 65.7 Å². The quantitative estimate of drug-likeness (QED) is 0.522. The second-order valence-electron chi connectivity index (χ2n) is 5.91. The van der Waals surface area contributed by atoms with Gasteiger partial charge in [0.15, 0.2) is 5.76 Å². The number of carbonyl (C=O) groups is 1. The Morgan fingerprint density at radius 1 is 1.24 bits per heavy atom. The monoisotopic (exact) mass is 334 g/mol. The average Bonchev–Trinajstić information content (AvgIpc) is 3.34. The first-order valence-electron chi connectivity index (χ1n) is 8.16. The number of furan rings is 1. The third-order valence-corrected chi connectivity index (χ3v) is 4.28. The molecule has 3 N–H and O–H groups in total. The summed E-state index contributed by atoms with van der Waals surface area (Å²) in [5, 5.41) is 11.2. The van der Waals surface area contributed by atoms with Gasteiger partial charge in [0, 0.05) is 29.3 Å². The first-order chi connectivity index (χ1) is 12.2. The van der Waals surface area contributed by atoms with Gasteiger partial charge in [0.25, 0.3) is 5.91 Å². The molecule has 3 aromatic heterocycles. The van der Waals surface area contributed by atoms with E-state index in [1.165, 1.54) is 10.9 Å². The molecular weight excluding hydrogens is 316 g/mol. The Hall–Kier alpha value is -3.28. The molecule has 1 amide bonds. The van der Waals surface area contributed by atoms with Crippen molar-refractivity contribution in [3.63, 3.8) is 0 Å². The zero-order valence-corrected chi connectivity index (χ0v) is 13.8. The lowest BCUT2D eigenvalue weighted by Gasteiger charge is -2.05. The molecule has 126 valence electrons. The lowest BCUT2D eigenvalue weighted by molar-refractivity contribution is 0.0954. The third kappa shape index (κ3) is 2.82. The zero-order valence-electron chi connectivity index (χ0n) is 13.8. The van der Waals surface area contributed by atoms with E-state index < -0.39 is 0 Å². The summed E-state index contributed by atoms with van der Waals surface area (Å²) in [6, 6.07) is 11.7. The number of aromatic amines is 2. The van der Waals surface area contributed by atoms with Crippen LogP contribution in [-0.4, -0.2) is 27.6 Å². The van der Waals surface area contributed by atoms with E-state index in [1.54, 1.807) is 18.4 Å². The van der Waals surface area contributed by atoms with E-state index >= 15 is 0 Å². The molecule has 0 fully saturated rings. The molecule has 4 rings (SSSR count). The highest BCUT2D eigenvalue weighted by molar-refractivity contribution is 6.00. The molecule has 6 nitrogen and oxygen atoms in total. The van der Waals surface area contributed by atoms with E-state index in [0.717, 1.165) is 17.6 Å². The number of hydrogen-bond acceptors (Lipinski definition) is 3. The first-order valence-corrected chi connectivity index (χ1v) is 8.16. The van der Waals surface area contributed by atoms with Crippen molar-refractivity contribution < 1.29 is 9.21 Å². The normalized spacial score (nSPS) is 11.1. The van der Waals surface area contributed by atoms with Gasteiger partial charge in [0.05, 0.1) is 11.8 Å². The minimum absolute atomic E-state index is 0.155. The Bertz CT molecular complexity index is 1010. The lowest BCUT2D eigenvalue weighted by atomic mass is 10.1.